The fourth-order valence-electron chi connectivity index (χ4n) is 3.23. The quantitative estimate of drug-likeness (QED) is 0.391. The highest BCUT2D eigenvalue weighted by Crippen LogP contribution is 2.40. The number of thiophene rings is 1. The fraction of sp³-hybridized carbons (Fsp3) is 0.182. The van der Waals surface area contributed by atoms with Crippen molar-refractivity contribution in [3.63, 3.8) is 0 Å². The molecule has 1 amide bonds. The molecular formula is C22H20ClN5OS. The molecule has 4 aromatic rings. The molecule has 152 valence electrons. The Morgan fingerprint density at radius 3 is 2.67 bits per heavy atom. The summed E-state index contributed by atoms with van der Waals surface area (Å²) >= 11 is 7.64. The van der Waals surface area contributed by atoms with Crippen molar-refractivity contribution in [2.45, 2.75) is 20.3 Å². The number of anilines is 2. The van der Waals surface area contributed by atoms with E-state index in [0.29, 0.717) is 12.2 Å². The molecule has 1 aromatic carbocycles. The van der Waals surface area contributed by atoms with Gasteiger partial charge in [0.2, 0.25) is 5.91 Å². The van der Waals surface area contributed by atoms with E-state index < -0.39 is 0 Å². The summed E-state index contributed by atoms with van der Waals surface area (Å²) in [6.45, 7) is 4.59. The molecule has 0 aliphatic rings. The topological polar surface area (TPSA) is 79.8 Å². The zero-order valence-corrected chi connectivity index (χ0v) is 18.1. The second-order valence-corrected chi connectivity index (χ2v) is 8.43. The Morgan fingerprint density at radius 1 is 1.10 bits per heavy atom. The van der Waals surface area contributed by atoms with Crippen LogP contribution >= 0.6 is 22.9 Å². The highest BCUT2D eigenvalue weighted by atomic mass is 35.5. The highest BCUT2D eigenvalue weighted by molar-refractivity contribution is 7.19. The molecule has 3 aromatic heterocycles. The summed E-state index contributed by atoms with van der Waals surface area (Å²) in [6, 6.07) is 11.9. The van der Waals surface area contributed by atoms with Gasteiger partial charge in [-0.3, -0.25) is 4.79 Å². The van der Waals surface area contributed by atoms with Crippen LogP contribution in [0.25, 0.3) is 21.3 Å². The monoisotopic (exact) mass is 437 g/mol. The lowest BCUT2D eigenvalue weighted by Gasteiger charge is -2.10. The van der Waals surface area contributed by atoms with Crippen LogP contribution in [0.3, 0.4) is 0 Å². The SMILES string of the molecule is Cc1ccc(-c2c(C)sc3ncnc(NCCC(=O)Nc4cccnc4Cl)c23)cc1. The van der Waals surface area contributed by atoms with Crippen molar-refractivity contribution < 1.29 is 4.79 Å². The van der Waals surface area contributed by atoms with E-state index in [1.54, 1.807) is 36.0 Å². The van der Waals surface area contributed by atoms with Gasteiger partial charge in [0.05, 0.1) is 11.1 Å². The molecule has 0 fully saturated rings. The molecule has 0 radical (unpaired) electrons. The molecule has 0 aliphatic carbocycles. The number of carbonyl (C=O) groups excluding carboxylic acids is 1. The Hall–Kier alpha value is -3.03. The van der Waals surface area contributed by atoms with Crippen LogP contribution in [-0.2, 0) is 4.79 Å². The largest absolute Gasteiger partial charge is 0.369 e. The van der Waals surface area contributed by atoms with E-state index in [0.717, 1.165) is 27.2 Å². The van der Waals surface area contributed by atoms with Crippen LogP contribution in [0.4, 0.5) is 11.5 Å². The predicted octanol–water partition coefficient (Wildman–Crippen LogP) is 5.46. The molecule has 2 N–H and O–H groups in total. The molecule has 30 heavy (non-hydrogen) atoms. The lowest BCUT2D eigenvalue weighted by atomic mass is 10.0. The Labute approximate surface area is 183 Å². The third-order valence-electron chi connectivity index (χ3n) is 4.68. The van der Waals surface area contributed by atoms with Gasteiger partial charge in [0.1, 0.15) is 17.0 Å². The number of rotatable bonds is 6. The summed E-state index contributed by atoms with van der Waals surface area (Å²) < 4.78 is 0. The van der Waals surface area contributed by atoms with Gasteiger partial charge in [-0.25, -0.2) is 15.0 Å². The second-order valence-electron chi connectivity index (χ2n) is 6.87. The van der Waals surface area contributed by atoms with Gasteiger partial charge in [-0.2, -0.15) is 0 Å². The number of nitrogens with one attached hydrogen (secondary N) is 2. The predicted molar refractivity (Wildman–Crippen MR) is 123 cm³/mol. The average Bonchev–Trinajstić information content (AvgIpc) is 3.07. The van der Waals surface area contributed by atoms with Crippen molar-refractivity contribution in [3.8, 4) is 11.1 Å². The van der Waals surface area contributed by atoms with Crippen LogP contribution < -0.4 is 10.6 Å². The number of amides is 1. The third kappa shape index (κ3) is 4.27. The van der Waals surface area contributed by atoms with E-state index in [9.17, 15) is 4.79 Å². The van der Waals surface area contributed by atoms with Crippen LogP contribution in [0, 0.1) is 13.8 Å². The van der Waals surface area contributed by atoms with Gasteiger partial charge >= 0.3 is 0 Å². The summed E-state index contributed by atoms with van der Waals surface area (Å²) in [5, 5.41) is 7.33. The normalized spacial score (nSPS) is 10.9. The zero-order valence-electron chi connectivity index (χ0n) is 16.6. The molecule has 0 saturated carbocycles. The lowest BCUT2D eigenvalue weighted by Crippen LogP contribution is -2.17. The fourth-order valence-corrected chi connectivity index (χ4v) is 4.41. The van der Waals surface area contributed by atoms with Crippen molar-refractivity contribution in [1.29, 1.82) is 0 Å². The van der Waals surface area contributed by atoms with Gasteiger partial charge < -0.3 is 10.6 Å². The van der Waals surface area contributed by atoms with Gasteiger partial charge in [0.15, 0.2) is 5.15 Å². The van der Waals surface area contributed by atoms with Gasteiger partial charge in [-0.1, -0.05) is 41.4 Å². The van der Waals surface area contributed by atoms with Crippen LogP contribution in [0.1, 0.15) is 16.9 Å². The number of pyridine rings is 1. The maximum absolute atomic E-state index is 12.3. The molecule has 3 heterocycles. The molecule has 0 saturated heterocycles. The standard InChI is InChI=1S/C22H20ClN5OS/c1-13-5-7-15(8-6-13)18-14(2)30-22-19(18)21(26-12-27-22)25-11-9-17(29)28-16-4-3-10-24-20(16)23/h3-8,10,12H,9,11H2,1-2H3,(H,28,29)(H,25,26,27). The summed E-state index contributed by atoms with van der Waals surface area (Å²) in [4.78, 5) is 27.2. The Balaban J connectivity index is 1.52. The van der Waals surface area contributed by atoms with E-state index in [-0.39, 0.29) is 17.5 Å². The van der Waals surface area contributed by atoms with E-state index in [4.69, 9.17) is 11.6 Å². The number of nitrogens with zero attached hydrogens (tertiary/aromatic N) is 3. The van der Waals surface area contributed by atoms with Crippen LogP contribution in [0.2, 0.25) is 5.15 Å². The number of hydrogen-bond donors (Lipinski definition) is 2. The van der Waals surface area contributed by atoms with Crippen molar-refractivity contribution in [3.05, 3.63) is 64.5 Å². The minimum Gasteiger partial charge on any atom is -0.369 e. The maximum Gasteiger partial charge on any atom is 0.226 e. The van der Waals surface area contributed by atoms with Crippen LogP contribution in [0.5, 0.6) is 0 Å². The molecule has 4 rings (SSSR count). The summed E-state index contributed by atoms with van der Waals surface area (Å²) in [5.41, 5.74) is 3.98. The lowest BCUT2D eigenvalue weighted by molar-refractivity contribution is -0.115. The van der Waals surface area contributed by atoms with Crippen molar-refractivity contribution in [2.75, 3.05) is 17.2 Å². The highest BCUT2D eigenvalue weighted by Gasteiger charge is 2.17. The minimum atomic E-state index is -0.150. The molecule has 0 aliphatic heterocycles. The Bertz CT molecular complexity index is 1210. The number of benzene rings is 1. The number of carbonyl (C=O) groups is 1. The first-order valence-electron chi connectivity index (χ1n) is 9.48. The van der Waals surface area contributed by atoms with Gasteiger partial charge in [-0.15, -0.1) is 11.3 Å². The zero-order chi connectivity index (χ0) is 21.1. The van der Waals surface area contributed by atoms with Crippen molar-refractivity contribution in [2.24, 2.45) is 0 Å². The minimum absolute atomic E-state index is 0.150. The third-order valence-corrected chi connectivity index (χ3v) is 6.00. The van der Waals surface area contributed by atoms with E-state index in [1.807, 2.05) is 0 Å². The molecule has 0 spiro atoms. The van der Waals surface area contributed by atoms with E-state index >= 15 is 0 Å². The molecular weight excluding hydrogens is 418 g/mol. The number of aromatic nitrogens is 3. The molecule has 0 bridgehead atoms. The number of fused-ring (bicyclic) bond motifs is 1. The van der Waals surface area contributed by atoms with Crippen molar-refractivity contribution in [1.82, 2.24) is 15.0 Å². The smallest absolute Gasteiger partial charge is 0.226 e. The second kappa shape index (κ2) is 8.77. The molecule has 0 unspecified atom stereocenters. The number of aryl methyl sites for hydroxylation is 2. The Morgan fingerprint density at radius 2 is 1.90 bits per heavy atom. The van der Waals surface area contributed by atoms with Crippen LogP contribution in [-0.4, -0.2) is 27.4 Å². The first-order valence-corrected chi connectivity index (χ1v) is 10.7. The molecule has 0 atom stereocenters. The van der Waals surface area contributed by atoms with Gasteiger partial charge in [0.25, 0.3) is 0 Å². The Kier molecular flexibility index (Phi) is 5.92. The number of halogens is 1. The summed E-state index contributed by atoms with van der Waals surface area (Å²) in [7, 11) is 0. The summed E-state index contributed by atoms with van der Waals surface area (Å²) in [6.07, 6.45) is 3.39. The van der Waals surface area contributed by atoms with Crippen molar-refractivity contribution >= 4 is 50.6 Å². The maximum atomic E-state index is 12.3. The number of hydrogen-bond acceptors (Lipinski definition) is 6. The van der Waals surface area contributed by atoms with Crippen LogP contribution in [0.15, 0.2) is 48.9 Å². The molecule has 8 heteroatoms. The summed E-state index contributed by atoms with van der Waals surface area (Å²) in [5.74, 6) is 0.579. The first-order chi connectivity index (χ1) is 14.5. The van der Waals surface area contributed by atoms with E-state index in [1.165, 1.54) is 10.4 Å². The first kappa shape index (κ1) is 20.3. The van der Waals surface area contributed by atoms with E-state index in [2.05, 4.69) is 63.7 Å². The van der Waals surface area contributed by atoms with Gasteiger partial charge in [0, 0.05) is 29.6 Å². The van der Waals surface area contributed by atoms with Gasteiger partial charge in [-0.05, 0) is 31.5 Å². The molecule has 6 nitrogen and oxygen atoms in total. The average molecular weight is 438 g/mol.